The van der Waals surface area contributed by atoms with Crippen LogP contribution < -0.4 is 5.32 Å². The SMILES string of the molecule is Cc1ccc([C@@H](N2CCNCC2)C(F)(F)CO)cc1Cl.Cl. The smallest absolute Gasteiger partial charge is 0.289 e. The van der Waals surface area contributed by atoms with Gasteiger partial charge in [0.25, 0.3) is 5.92 Å². The first kappa shape index (κ1) is 18.6. The molecule has 3 nitrogen and oxygen atoms in total. The summed E-state index contributed by atoms with van der Waals surface area (Å²) in [5.74, 6) is -3.20. The van der Waals surface area contributed by atoms with Crippen LogP contribution >= 0.6 is 24.0 Å². The molecule has 0 unspecified atom stereocenters. The maximum atomic E-state index is 14.2. The summed E-state index contributed by atoms with van der Waals surface area (Å²) in [7, 11) is 0. The number of aryl methyl sites for hydroxylation is 1. The molecule has 2 N–H and O–H groups in total. The normalized spacial score (nSPS) is 18.1. The van der Waals surface area contributed by atoms with E-state index >= 15 is 0 Å². The van der Waals surface area contributed by atoms with E-state index < -0.39 is 18.6 Å². The average molecular weight is 341 g/mol. The highest BCUT2D eigenvalue weighted by atomic mass is 35.5. The highest BCUT2D eigenvalue weighted by Crippen LogP contribution is 2.37. The van der Waals surface area contributed by atoms with E-state index in [0.717, 1.165) is 5.56 Å². The molecule has 7 heteroatoms. The predicted molar refractivity (Wildman–Crippen MR) is 82.7 cm³/mol. The minimum Gasteiger partial charge on any atom is -0.390 e. The fourth-order valence-corrected chi connectivity index (χ4v) is 2.72. The number of alkyl halides is 2. The number of nitrogens with one attached hydrogen (secondary N) is 1. The van der Waals surface area contributed by atoms with Crippen LogP contribution in [0.1, 0.15) is 17.2 Å². The highest BCUT2D eigenvalue weighted by Gasteiger charge is 2.44. The molecule has 1 saturated heterocycles. The Bertz CT molecular complexity index is 468. The van der Waals surface area contributed by atoms with Crippen molar-refractivity contribution >= 4 is 24.0 Å². The predicted octanol–water partition coefficient (Wildman–Crippen LogP) is 2.64. The van der Waals surface area contributed by atoms with Gasteiger partial charge in [0.2, 0.25) is 0 Å². The van der Waals surface area contributed by atoms with E-state index in [4.69, 9.17) is 16.7 Å². The number of nitrogens with zero attached hydrogens (tertiary/aromatic N) is 1. The Morgan fingerprint density at radius 2 is 2.00 bits per heavy atom. The maximum absolute atomic E-state index is 14.2. The topological polar surface area (TPSA) is 35.5 Å². The minimum absolute atomic E-state index is 0. The fourth-order valence-electron chi connectivity index (χ4n) is 2.53. The van der Waals surface area contributed by atoms with Crippen molar-refractivity contribution in [3.05, 3.63) is 34.3 Å². The lowest BCUT2D eigenvalue weighted by Crippen LogP contribution is -2.51. The van der Waals surface area contributed by atoms with Gasteiger partial charge in [-0.15, -0.1) is 12.4 Å². The Morgan fingerprint density at radius 1 is 1.38 bits per heavy atom. The van der Waals surface area contributed by atoms with Crippen LogP contribution in [0.5, 0.6) is 0 Å². The summed E-state index contributed by atoms with van der Waals surface area (Å²) < 4.78 is 28.3. The summed E-state index contributed by atoms with van der Waals surface area (Å²) in [5.41, 5.74) is 1.29. The largest absolute Gasteiger partial charge is 0.390 e. The molecule has 0 saturated carbocycles. The molecule has 0 spiro atoms. The van der Waals surface area contributed by atoms with Crippen LogP contribution in [0.2, 0.25) is 5.02 Å². The first-order valence-corrected chi connectivity index (χ1v) is 7.03. The van der Waals surface area contributed by atoms with E-state index in [1.807, 2.05) is 6.92 Å². The molecule has 1 aliphatic heterocycles. The van der Waals surface area contributed by atoms with Crippen molar-refractivity contribution < 1.29 is 13.9 Å². The second-order valence-corrected chi connectivity index (χ2v) is 5.52. The van der Waals surface area contributed by atoms with Gasteiger partial charge < -0.3 is 10.4 Å². The second kappa shape index (κ2) is 7.70. The number of piperazine rings is 1. The Labute approximate surface area is 134 Å². The third kappa shape index (κ3) is 4.27. The summed E-state index contributed by atoms with van der Waals surface area (Å²) in [6, 6.07) is 3.83. The average Bonchev–Trinajstić information content (AvgIpc) is 2.44. The van der Waals surface area contributed by atoms with Crippen LogP contribution in [-0.4, -0.2) is 48.7 Å². The zero-order valence-electron chi connectivity index (χ0n) is 11.8. The van der Waals surface area contributed by atoms with Gasteiger partial charge in [-0.05, 0) is 24.1 Å². The third-order valence-corrected chi connectivity index (χ3v) is 4.05. The second-order valence-electron chi connectivity index (χ2n) is 5.12. The molecule has 1 atom stereocenters. The number of halogens is 4. The molecule has 1 aromatic rings. The first-order chi connectivity index (χ1) is 9.45. The molecule has 0 bridgehead atoms. The molecule has 0 amide bonds. The lowest BCUT2D eigenvalue weighted by atomic mass is 9.97. The number of aliphatic hydroxyl groups excluding tert-OH is 1. The van der Waals surface area contributed by atoms with E-state index in [9.17, 15) is 8.78 Å². The number of hydrogen-bond donors (Lipinski definition) is 2. The summed E-state index contributed by atoms with van der Waals surface area (Å²) in [4.78, 5) is 1.70. The molecular formula is C14H20Cl2F2N2O. The number of aliphatic hydroxyl groups is 1. The van der Waals surface area contributed by atoms with Gasteiger partial charge in [0.15, 0.2) is 0 Å². The highest BCUT2D eigenvalue weighted by molar-refractivity contribution is 6.31. The molecular weight excluding hydrogens is 321 g/mol. The molecule has 0 aliphatic carbocycles. The molecule has 1 heterocycles. The van der Waals surface area contributed by atoms with Crippen molar-refractivity contribution in [3.8, 4) is 0 Å². The standard InChI is InChI=1S/C14H19ClF2N2O.ClH/c1-10-2-3-11(8-12(10)15)13(14(16,17)9-20)19-6-4-18-5-7-19;/h2-3,8,13,18,20H,4-7,9H2,1H3;1H/t13-;/m1./s1. The lowest BCUT2D eigenvalue weighted by Gasteiger charge is -2.38. The van der Waals surface area contributed by atoms with E-state index in [-0.39, 0.29) is 12.4 Å². The minimum atomic E-state index is -3.20. The third-order valence-electron chi connectivity index (χ3n) is 3.64. The van der Waals surface area contributed by atoms with Crippen molar-refractivity contribution in [3.63, 3.8) is 0 Å². The van der Waals surface area contributed by atoms with E-state index in [1.54, 1.807) is 23.1 Å². The molecule has 120 valence electrons. The Hall–Kier alpha value is -0.460. The van der Waals surface area contributed by atoms with Crippen molar-refractivity contribution in [2.75, 3.05) is 32.8 Å². The summed E-state index contributed by atoms with van der Waals surface area (Å²) in [6.45, 7) is 3.02. The first-order valence-electron chi connectivity index (χ1n) is 6.65. The van der Waals surface area contributed by atoms with E-state index in [2.05, 4.69) is 5.32 Å². The van der Waals surface area contributed by atoms with Crippen molar-refractivity contribution in [1.29, 1.82) is 0 Å². The summed E-state index contributed by atoms with van der Waals surface area (Å²) >= 11 is 6.05. The quantitative estimate of drug-likeness (QED) is 0.884. The van der Waals surface area contributed by atoms with Gasteiger partial charge in [0, 0.05) is 31.2 Å². The van der Waals surface area contributed by atoms with Crippen LogP contribution in [0.15, 0.2) is 18.2 Å². The van der Waals surface area contributed by atoms with E-state index in [1.165, 1.54) is 0 Å². The number of rotatable bonds is 4. The fraction of sp³-hybridized carbons (Fsp3) is 0.571. The number of benzene rings is 1. The monoisotopic (exact) mass is 340 g/mol. The summed E-state index contributed by atoms with van der Waals surface area (Å²) in [5, 5.41) is 12.7. The van der Waals surface area contributed by atoms with Crippen LogP contribution in [0, 0.1) is 6.92 Å². The molecule has 0 radical (unpaired) electrons. The van der Waals surface area contributed by atoms with Gasteiger partial charge in [-0.25, -0.2) is 8.78 Å². The zero-order valence-corrected chi connectivity index (χ0v) is 13.4. The molecule has 1 fully saturated rings. The van der Waals surface area contributed by atoms with Crippen LogP contribution in [0.4, 0.5) is 8.78 Å². The maximum Gasteiger partial charge on any atom is 0.289 e. The molecule has 1 aliphatic rings. The lowest BCUT2D eigenvalue weighted by molar-refractivity contribution is -0.118. The van der Waals surface area contributed by atoms with Crippen LogP contribution in [0.3, 0.4) is 0 Å². The van der Waals surface area contributed by atoms with Gasteiger partial charge in [-0.1, -0.05) is 23.7 Å². The zero-order chi connectivity index (χ0) is 14.8. The molecule has 21 heavy (non-hydrogen) atoms. The van der Waals surface area contributed by atoms with Gasteiger partial charge in [-0.2, -0.15) is 0 Å². The van der Waals surface area contributed by atoms with Crippen LogP contribution in [-0.2, 0) is 0 Å². The molecule has 2 rings (SSSR count). The number of hydrogen-bond acceptors (Lipinski definition) is 3. The van der Waals surface area contributed by atoms with Gasteiger partial charge in [0.1, 0.15) is 12.6 Å². The van der Waals surface area contributed by atoms with Gasteiger partial charge >= 0.3 is 0 Å². The Balaban J connectivity index is 0.00000220. The Kier molecular flexibility index (Phi) is 6.81. The summed E-state index contributed by atoms with van der Waals surface area (Å²) in [6.07, 6.45) is 0. The van der Waals surface area contributed by atoms with Gasteiger partial charge in [0.05, 0.1) is 0 Å². The molecule has 0 aromatic heterocycles. The molecule has 1 aromatic carbocycles. The van der Waals surface area contributed by atoms with Gasteiger partial charge in [-0.3, -0.25) is 4.90 Å². The van der Waals surface area contributed by atoms with Crippen molar-refractivity contribution in [2.24, 2.45) is 0 Å². The Morgan fingerprint density at radius 3 is 2.52 bits per heavy atom. The van der Waals surface area contributed by atoms with E-state index in [0.29, 0.717) is 36.8 Å². The van der Waals surface area contributed by atoms with Crippen LogP contribution in [0.25, 0.3) is 0 Å². The van der Waals surface area contributed by atoms with Crippen molar-refractivity contribution in [1.82, 2.24) is 10.2 Å². The van der Waals surface area contributed by atoms with Crippen molar-refractivity contribution in [2.45, 2.75) is 18.9 Å².